The van der Waals surface area contributed by atoms with Crippen molar-refractivity contribution in [1.29, 1.82) is 0 Å². The number of benzene rings is 2. The fourth-order valence-corrected chi connectivity index (χ4v) is 3.03. The standard InChI is InChI=1S/C14H9BrClI/c15-13-7-3-1-5-10(13)12(9-16)11-6-2-4-8-14(11)17/h1-9H. The fourth-order valence-electron chi connectivity index (χ4n) is 1.62. The molecule has 2 aromatic rings. The van der Waals surface area contributed by atoms with E-state index in [9.17, 15) is 0 Å². The minimum atomic E-state index is 1.03. The number of halogens is 3. The van der Waals surface area contributed by atoms with Crippen molar-refractivity contribution in [3.05, 3.63) is 73.2 Å². The zero-order valence-electron chi connectivity index (χ0n) is 8.83. The lowest BCUT2D eigenvalue weighted by Gasteiger charge is -2.10. The molecule has 2 rings (SSSR count). The van der Waals surface area contributed by atoms with Crippen molar-refractivity contribution >= 4 is 55.7 Å². The van der Waals surface area contributed by atoms with Gasteiger partial charge in [-0.3, -0.25) is 0 Å². The Labute approximate surface area is 128 Å². The van der Waals surface area contributed by atoms with Crippen molar-refractivity contribution in [3.8, 4) is 0 Å². The average Bonchev–Trinajstić information content (AvgIpc) is 2.34. The number of hydrogen-bond donors (Lipinski definition) is 0. The van der Waals surface area contributed by atoms with E-state index >= 15 is 0 Å². The lowest BCUT2D eigenvalue weighted by atomic mass is 10.00. The van der Waals surface area contributed by atoms with E-state index in [0.29, 0.717) is 0 Å². The van der Waals surface area contributed by atoms with E-state index in [2.05, 4.69) is 56.7 Å². The minimum Gasteiger partial charge on any atom is -0.0923 e. The molecule has 17 heavy (non-hydrogen) atoms. The predicted octanol–water partition coefficient (Wildman–Crippen LogP) is 5.68. The predicted molar refractivity (Wildman–Crippen MR) is 86.2 cm³/mol. The molecule has 0 atom stereocenters. The van der Waals surface area contributed by atoms with E-state index in [-0.39, 0.29) is 0 Å². The van der Waals surface area contributed by atoms with Crippen molar-refractivity contribution in [3.63, 3.8) is 0 Å². The van der Waals surface area contributed by atoms with Crippen molar-refractivity contribution in [2.75, 3.05) is 0 Å². The van der Waals surface area contributed by atoms with Crippen LogP contribution in [0.3, 0.4) is 0 Å². The molecule has 0 aliphatic heterocycles. The largest absolute Gasteiger partial charge is 0.0923 e. The van der Waals surface area contributed by atoms with Gasteiger partial charge < -0.3 is 0 Å². The van der Waals surface area contributed by atoms with Crippen LogP contribution in [-0.4, -0.2) is 0 Å². The molecule has 0 aliphatic rings. The van der Waals surface area contributed by atoms with E-state index < -0.39 is 0 Å². The summed E-state index contributed by atoms with van der Waals surface area (Å²) >= 11 is 11.9. The first-order valence-electron chi connectivity index (χ1n) is 5.04. The van der Waals surface area contributed by atoms with Crippen LogP contribution in [-0.2, 0) is 0 Å². The Hall–Kier alpha value is -0.320. The fraction of sp³-hybridized carbons (Fsp3) is 0. The van der Waals surface area contributed by atoms with Gasteiger partial charge in [-0.05, 0) is 45.9 Å². The minimum absolute atomic E-state index is 1.03. The molecule has 0 unspecified atom stereocenters. The maximum absolute atomic E-state index is 5.99. The molecule has 0 bridgehead atoms. The third kappa shape index (κ3) is 2.92. The quantitative estimate of drug-likeness (QED) is 0.550. The van der Waals surface area contributed by atoms with E-state index in [4.69, 9.17) is 11.6 Å². The van der Waals surface area contributed by atoms with Crippen LogP contribution < -0.4 is 0 Å². The normalized spacial score (nSPS) is 11.6. The Morgan fingerprint density at radius 2 is 1.59 bits per heavy atom. The molecule has 2 aromatic carbocycles. The molecule has 0 aromatic heterocycles. The first-order valence-corrected chi connectivity index (χ1v) is 7.35. The Balaban J connectivity index is 2.57. The summed E-state index contributed by atoms with van der Waals surface area (Å²) in [6, 6.07) is 16.3. The van der Waals surface area contributed by atoms with E-state index in [1.54, 1.807) is 5.54 Å². The molecule has 0 saturated carbocycles. The lowest BCUT2D eigenvalue weighted by molar-refractivity contribution is 1.50. The van der Waals surface area contributed by atoms with Crippen LogP contribution in [0.5, 0.6) is 0 Å². The molecule has 0 saturated heterocycles. The van der Waals surface area contributed by atoms with Crippen LogP contribution in [0.2, 0.25) is 0 Å². The Morgan fingerprint density at radius 1 is 1.00 bits per heavy atom. The van der Waals surface area contributed by atoms with Gasteiger partial charge in [-0.2, -0.15) is 0 Å². The van der Waals surface area contributed by atoms with Crippen LogP contribution in [0.25, 0.3) is 5.57 Å². The van der Waals surface area contributed by atoms with Crippen molar-refractivity contribution < 1.29 is 0 Å². The van der Waals surface area contributed by atoms with Crippen LogP contribution >= 0.6 is 50.1 Å². The van der Waals surface area contributed by atoms with Crippen LogP contribution in [0, 0.1) is 3.57 Å². The van der Waals surface area contributed by atoms with Gasteiger partial charge in [-0.15, -0.1) is 0 Å². The smallest absolute Gasteiger partial charge is 0.0254 e. The van der Waals surface area contributed by atoms with Crippen molar-refractivity contribution in [2.45, 2.75) is 0 Å². The van der Waals surface area contributed by atoms with Crippen LogP contribution in [0.4, 0.5) is 0 Å². The molecule has 86 valence electrons. The highest BCUT2D eigenvalue weighted by molar-refractivity contribution is 14.1. The summed E-state index contributed by atoms with van der Waals surface area (Å²) in [4.78, 5) is 0. The summed E-state index contributed by atoms with van der Waals surface area (Å²) in [5.74, 6) is 0. The van der Waals surface area contributed by atoms with Gasteiger partial charge in [0.05, 0.1) is 0 Å². The van der Waals surface area contributed by atoms with Gasteiger partial charge in [0.15, 0.2) is 0 Å². The van der Waals surface area contributed by atoms with Gasteiger partial charge in [-0.1, -0.05) is 63.9 Å². The highest BCUT2D eigenvalue weighted by Gasteiger charge is 2.10. The molecular formula is C14H9BrClI. The molecule has 0 amide bonds. The SMILES string of the molecule is ClC=C(c1ccccc1Br)c1ccccc1I. The third-order valence-corrected chi connectivity index (χ3v) is 4.29. The molecule has 0 heterocycles. The van der Waals surface area contributed by atoms with Gasteiger partial charge in [-0.25, -0.2) is 0 Å². The molecule has 0 N–H and O–H groups in total. The highest BCUT2D eigenvalue weighted by Crippen LogP contribution is 2.32. The zero-order chi connectivity index (χ0) is 12.3. The summed E-state index contributed by atoms with van der Waals surface area (Å²) < 4.78 is 2.24. The first-order chi connectivity index (χ1) is 8.24. The maximum atomic E-state index is 5.99. The molecule has 3 heteroatoms. The second kappa shape index (κ2) is 6.03. The average molecular weight is 419 g/mol. The van der Waals surface area contributed by atoms with Gasteiger partial charge in [0.25, 0.3) is 0 Å². The maximum Gasteiger partial charge on any atom is 0.0254 e. The number of hydrogen-bond acceptors (Lipinski definition) is 0. The highest BCUT2D eigenvalue weighted by atomic mass is 127. The summed E-state index contributed by atoms with van der Waals surface area (Å²) in [6.07, 6.45) is 0. The second-order valence-corrected chi connectivity index (χ2v) is 5.72. The Morgan fingerprint density at radius 3 is 2.18 bits per heavy atom. The van der Waals surface area contributed by atoms with Gasteiger partial charge >= 0.3 is 0 Å². The molecule has 0 spiro atoms. The molecule has 0 aliphatic carbocycles. The Kier molecular flexibility index (Phi) is 4.65. The van der Waals surface area contributed by atoms with Crippen LogP contribution in [0.15, 0.2) is 58.5 Å². The zero-order valence-corrected chi connectivity index (χ0v) is 13.3. The van der Waals surface area contributed by atoms with E-state index in [1.807, 2.05) is 30.3 Å². The van der Waals surface area contributed by atoms with E-state index in [0.717, 1.165) is 21.2 Å². The van der Waals surface area contributed by atoms with Gasteiger partial charge in [0.1, 0.15) is 0 Å². The Bertz CT molecular complexity index is 516. The molecule has 0 radical (unpaired) electrons. The summed E-state index contributed by atoms with van der Waals surface area (Å²) in [7, 11) is 0. The lowest BCUT2D eigenvalue weighted by Crippen LogP contribution is -1.91. The van der Waals surface area contributed by atoms with Gasteiger partial charge in [0.2, 0.25) is 0 Å². The van der Waals surface area contributed by atoms with Gasteiger partial charge in [0, 0.05) is 19.2 Å². The molecular weight excluding hydrogens is 410 g/mol. The molecule has 0 nitrogen and oxygen atoms in total. The van der Waals surface area contributed by atoms with E-state index in [1.165, 1.54) is 3.57 Å². The first kappa shape index (κ1) is 13.1. The number of rotatable bonds is 2. The summed E-state index contributed by atoms with van der Waals surface area (Å²) in [5, 5.41) is 0. The van der Waals surface area contributed by atoms with Crippen LogP contribution in [0.1, 0.15) is 11.1 Å². The summed E-state index contributed by atoms with van der Waals surface area (Å²) in [6.45, 7) is 0. The second-order valence-electron chi connectivity index (χ2n) is 3.48. The molecule has 0 fully saturated rings. The monoisotopic (exact) mass is 418 g/mol. The van der Waals surface area contributed by atoms with Crippen molar-refractivity contribution in [2.24, 2.45) is 0 Å². The van der Waals surface area contributed by atoms with Crippen molar-refractivity contribution in [1.82, 2.24) is 0 Å². The third-order valence-electron chi connectivity index (χ3n) is 2.44. The topological polar surface area (TPSA) is 0 Å². The summed E-state index contributed by atoms with van der Waals surface area (Å²) in [5.41, 5.74) is 4.92.